The van der Waals surface area contributed by atoms with Crippen molar-refractivity contribution in [2.45, 2.75) is 32.1 Å². The van der Waals surface area contributed by atoms with Crippen LogP contribution in [0.1, 0.15) is 32.1 Å². The summed E-state index contributed by atoms with van der Waals surface area (Å²) in [6.07, 6.45) is 6.44. The molecule has 0 aromatic rings. The molecule has 2 fully saturated rings. The first-order valence-electron chi connectivity index (χ1n) is 6.17. The maximum Gasteiger partial charge on any atom is 0.0459 e. The second kappa shape index (κ2) is 5.03. The Balaban J connectivity index is 1.83. The number of hydrogen-bond acceptors (Lipinski definition) is 2. The number of alkyl halides is 1. The number of nitrogens with zero attached hydrogens (tertiary/aromatic N) is 1. The van der Waals surface area contributed by atoms with Gasteiger partial charge in [-0.2, -0.15) is 0 Å². The molecule has 0 aromatic heterocycles. The summed E-state index contributed by atoms with van der Waals surface area (Å²) in [6.45, 7) is 3.92. The van der Waals surface area contributed by atoms with E-state index in [1.165, 1.54) is 45.2 Å². The van der Waals surface area contributed by atoms with E-state index in [0.29, 0.717) is 17.9 Å². The molecule has 0 bridgehead atoms. The highest BCUT2D eigenvalue weighted by atomic mass is 35.5. The molecule has 15 heavy (non-hydrogen) atoms. The number of rotatable bonds is 3. The Morgan fingerprint density at radius 1 is 1.27 bits per heavy atom. The van der Waals surface area contributed by atoms with Crippen molar-refractivity contribution >= 4 is 11.6 Å². The molecule has 1 N–H and O–H groups in total. The van der Waals surface area contributed by atoms with Gasteiger partial charge in [0.15, 0.2) is 0 Å². The lowest BCUT2D eigenvalue weighted by Gasteiger charge is -2.36. The standard InChI is InChI=1S/C12H22ClNO/c13-6-8-14-7-5-12(10-14)3-1-11(9-15)2-4-12/h11,15H,1-10H2. The van der Waals surface area contributed by atoms with Gasteiger partial charge in [-0.1, -0.05) is 0 Å². The summed E-state index contributed by atoms with van der Waals surface area (Å²) in [5.41, 5.74) is 0.581. The Hall–Kier alpha value is 0.210. The van der Waals surface area contributed by atoms with Gasteiger partial charge in [0.05, 0.1) is 0 Å². The highest BCUT2D eigenvalue weighted by Crippen LogP contribution is 2.45. The molecule has 0 atom stereocenters. The highest BCUT2D eigenvalue weighted by Gasteiger charge is 2.40. The third kappa shape index (κ3) is 2.66. The Labute approximate surface area is 97.6 Å². The van der Waals surface area contributed by atoms with Crippen LogP contribution in [-0.4, -0.2) is 42.1 Å². The lowest BCUT2D eigenvalue weighted by molar-refractivity contribution is 0.112. The van der Waals surface area contributed by atoms with Crippen molar-refractivity contribution in [3.8, 4) is 0 Å². The van der Waals surface area contributed by atoms with Gasteiger partial charge in [0.25, 0.3) is 0 Å². The Bertz CT molecular complexity index is 202. The van der Waals surface area contributed by atoms with E-state index < -0.39 is 0 Å². The molecule has 0 aromatic carbocycles. The quantitative estimate of drug-likeness (QED) is 0.752. The lowest BCUT2D eigenvalue weighted by atomic mass is 9.70. The molecule has 1 spiro atoms. The van der Waals surface area contributed by atoms with Gasteiger partial charge < -0.3 is 10.0 Å². The molecule has 0 unspecified atom stereocenters. The average Bonchev–Trinajstić information content (AvgIpc) is 2.64. The number of halogens is 1. The zero-order valence-corrected chi connectivity index (χ0v) is 10.2. The summed E-state index contributed by atoms with van der Waals surface area (Å²) in [7, 11) is 0. The van der Waals surface area contributed by atoms with E-state index in [1.54, 1.807) is 0 Å². The van der Waals surface area contributed by atoms with Crippen molar-refractivity contribution in [2.75, 3.05) is 32.1 Å². The molecule has 1 saturated carbocycles. The van der Waals surface area contributed by atoms with E-state index in [1.807, 2.05) is 0 Å². The van der Waals surface area contributed by atoms with Crippen LogP contribution in [0.25, 0.3) is 0 Å². The van der Waals surface area contributed by atoms with Crippen molar-refractivity contribution in [1.82, 2.24) is 4.90 Å². The minimum atomic E-state index is 0.390. The van der Waals surface area contributed by atoms with Gasteiger partial charge in [-0.25, -0.2) is 0 Å². The fourth-order valence-electron chi connectivity index (χ4n) is 3.22. The first-order valence-corrected chi connectivity index (χ1v) is 6.71. The minimum absolute atomic E-state index is 0.390. The van der Waals surface area contributed by atoms with E-state index in [2.05, 4.69) is 4.90 Å². The molecule has 2 aliphatic rings. The van der Waals surface area contributed by atoms with Crippen LogP contribution in [0, 0.1) is 11.3 Å². The number of likely N-dealkylation sites (tertiary alicyclic amines) is 1. The maximum absolute atomic E-state index is 9.13. The summed E-state index contributed by atoms with van der Waals surface area (Å²) in [5, 5.41) is 9.13. The van der Waals surface area contributed by atoms with Crippen molar-refractivity contribution in [1.29, 1.82) is 0 Å². The molecule has 88 valence electrons. The zero-order chi connectivity index (χ0) is 10.7. The number of aliphatic hydroxyl groups excluding tert-OH is 1. The minimum Gasteiger partial charge on any atom is -0.396 e. The fraction of sp³-hybridized carbons (Fsp3) is 1.00. The predicted octanol–water partition coefficient (Wildman–Crippen LogP) is 2.10. The topological polar surface area (TPSA) is 23.5 Å². The van der Waals surface area contributed by atoms with Gasteiger partial charge >= 0.3 is 0 Å². The second-order valence-electron chi connectivity index (χ2n) is 5.34. The third-order valence-corrected chi connectivity index (χ3v) is 4.51. The smallest absolute Gasteiger partial charge is 0.0459 e. The van der Waals surface area contributed by atoms with E-state index in [9.17, 15) is 0 Å². The second-order valence-corrected chi connectivity index (χ2v) is 5.72. The van der Waals surface area contributed by atoms with Gasteiger partial charge in [0, 0.05) is 25.6 Å². The van der Waals surface area contributed by atoms with Crippen LogP contribution in [0.3, 0.4) is 0 Å². The zero-order valence-electron chi connectivity index (χ0n) is 9.42. The van der Waals surface area contributed by atoms with Crippen LogP contribution < -0.4 is 0 Å². The fourth-order valence-corrected chi connectivity index (χ4v) is 3.46. The molecule has 1 heterocycles. The van der Waals surface area contributed by atoms with Gasteiger partial charge in [-0.3, -0.25) is 0 Å². The SMILES string of the molecule is OCC1CCC2(CC1)CCN(CCCl)C2. The summed E-state index contributed by atoms with van der Waals surface area (Å²) in [4.78, 5) is 2.51. The first kappa shape index (κ1) is 11.7. The summed E-state index contributed by atoms with van der Waals surface area (Å²) in [6, 6.07) is 0. The van der Waals surface area contributed by atoms with Crippen LogP contribution in [-0.2, 0) is 0 Å². The molecular weight excluding hydrogens is 210 g/mol. The van der Waals surface area contributed by atoms with Crippen LogP contribution in [0.5, 0.6) is 0 Å². The van der Waals surface area contributed by atoms with Crippen molar-refractivity contribution in [2.24, 2.45) is 11.3 Å². The Morgan fingerprint density at radius 2 is 2.00 bits per heavy atom. The van der Waals surface area contributed by atoms with Gasteiger partial charge in [0.1, 0.15) is 0 Å². The molecule has 1 aliphatic heterocycles. The Morgan fingerprint density at radius 3 is 2.60 bits per heavy atom. The lowest BCUT2D eigenvalue weighted by Crippen LogP contribution is -2.32. The Kier molecular flexibility index (Phi) is 3.92. The monoisotopic (exact) mass is 231 g/mol. The van der Waals surface area contributed by atoms with Gasteiger partial charge in [-0.15, -0.1) is 11.6 Å². The van der Waals surface area contributed by atoms with E-state index in [-0.39, 0.29) is 0 Å². The van der Waals surface area contributed by atoms with E-state index in [0.717, 1.165) is 12.4 Å². The molecule has 1 aliphatic carbocycles. The summed E-state index contributed by atoms with van der Waals surface area (Å²) < 4.78 is 0. The van der Waals surface area contributed by atoms with Crippen LogP contribution in [0.15, 0.2) is 0 Å². The maximum atomic E-state index is 9.13. The predicted molar refractivity (Wildman–Crippen MR) is 63.3 cm³/mol. The third-order valence-electron chi connectivity index (χ3n) is 4.34. The largest absolute Gasteiger partial charge is 0.396 e. The number of aliphatic hydroxyl groups is 1. The molecule has 0 amide bonds. The normalized spacial score (nSPS) is 37.6. The van der Waals surface area contributed by atoms with Crippen LogP contribution in [0.4, 0.5) is 0 Å². The van der Waals surface area contributed by atoms with Crippen molar-refractivity contribution in [3.63, 3.8) is 0 Å². The molecule has 0 radical (unpaired) electrons. The molecular formula is C12H22ClNO. The van der Waals surface area contributed by atoms with E-state index >= 15 is 0 Å². The van der Waals surface area contributed by atoms with Crippen molar-refractivity contribution < 1.29 is 5.11 Å². The molecule has 2 rings (SSSR count). The first-order chi connectivity index (χ1) is 7.28. The van der Waals surface area contributed by atoms with E-state index in [4.69, 9.17) is 16.7 Å². The van der Waals surface area contributed by atoms with Crippen LogP contribution in [0.2, 0.25) is 0 Å². The number of hydrogen-bond donors (Lipinski definition) is 1. The van der Waals surface area contributed by atoms with Gasteiger partial charge in [0.2, 0.25) is 0 Å². The van der Waals surface area contributed by atoms with Crippen LogP contribution >= 0.6 is 11.6 Å². The van der Waals surface area contributed by atoms with Crippen molar-refractivity contribution in [3.05, 3.63) is 0 Å². The highest BCUT2D eigenvalue weighted by molar-refractivity contribution is 6.18. The molecule has 3 heteroatoms. The molecule has 1 saturated heterocycles. The summed E-state index contributed by atoms with van der Waals surface area (Å²) in [5.74, 6) is 1.34. The molecule has 2 nitrogen and oxygen atoms in total. The summed E-state index contributed by atoms with van der Waals surface area (Å²) >= 11 is 5.78. The van der Waals surface area contributed by atoms with Gasteiger partial charge in [-0.05, 0) is 50.0 Å². The average molecular weight is 232 g/mol.